The number of nitrogens with one attached hydrogen (secondary N) is 1. The van der Waals surface area contributed by atoms with Crippen LogP contribution in [0.2, 0.25) is 5.02 Å². The fraction of sp³-hybridized carbons (Fsp3) is 0.182. The maximum absolute atomic E-state index is 12.0. The Morgan fingerprint density at radius 1 is 1.17 bits per heavy atom. The molecule has 1 N–H and O–H groups in total. The van der Waals surface area contributed by atoms with Crippen molar-refractivity contribution in [3.05, 3.63) is 76.6 Å². The Labute approximate surface area is 179 Å². The van der Waals surface area contributed by atoms with Crippen molar-refractivity contribution in [2.24, 2.45) is 5.10 Å². The molecule has 1 amide bonds. The average Bonchev–Trinajstić information content (AvgIpc) is 3.01. The number of benzene rings is 2. The molecule has 0 spiro atoms. The molecule has 3 rings (SSSR count). The lowest BCUT2D eigenvalue weighted by atomic mass is 10.2. The van der Waals surface area contributed by atoms with E-state index in [1.807, 2.05) is 56.3 Å². The number of hydrogen-bond acceptors (Lipinski definition) is 4. The summed E-state index contributed by atoms with van der Waals surface area (Å²) in [5.41, 5.74) is 6.70. The molecule has 0 atom stereocenters. The Balaban J connectivity index is 1.61. The molecule has 5 nitrogen and oxygen atoms in total. The van der Waals surface area contributed by atoms with Gasteiger partial charge in [-0.1, -0.05) is 11.6 Å². The molecule has 3 aromatic rings. The number of thioether (sulfide) groups is 1. The van der Waals surface area contributed by atoms with Gasteiger partial charge < -0.3 is 9.30 Å². The van der Waals surface area contributed by atoms with Crippen LogP contribution in [0.15, 0.2) is 64.6 Å². The zero-order valence-corrected chi connectivity index (χ0v) is 18.1. The summed E-state index contributed by atoms with van der Waals surface area (Å²) >= 11 is 7.30. The number of aromatic nitrogens is 1. The van der Waals surface area contributed by atoms with E-state index in [9.17, 15) is 4.79 Å². The number of nitrogens with zero attached hydrogens (tertiary/aromatic N) is 2. The van der Waals surface area contributed by atoms with Crippen LogP contribution in [0.4, 0.5) is 0 Å². The van der Waals surface area contributed by atoms with E-state index >= 15 is 0 Å². The predicted octanol–water partition coefficient (Wildman–Crippen LogP) is 5.00. The van der Waals surface area contributed by atoms with E-state index in [0.717, 1.165) is 33.3 Å². The summed E-state index contributed by atoms with van der Waals surface area (Å²) in [6.45, 7) is 4.06. The minimum atomic E-state index is -0.162. The number of amides is 1. The summed E-state index contributed by atoms with van der Waals surface area (Å²) in [7, 11) is 1.65. The number of halogens is 1. The van der Waals surface area contributed by atoms with Gasteiger partial charge in [0.2, 0.25) is 5.91 Å². The third kappa shape index (κ3) is 5.43. The van der Waals surface area contributed by atoms with Crippen molar-refractivity contribution >= 4 is 35.5 Å². The molecule has 29 heavy (non-hydrogen) atoms. The summed E-state index contributed by atoms with van der Waals surface area (Å²) in [6, 6.07) is 17.3. The SMILES string of the molecule is COc1ccc(-n2c(C)cc(/C=N\NC(=O)CSc3ccc(Cl)cc3)c2C)cc1. The molecular formula is C22H22ClN3O2S. The first-order valence-corrected chi connectivity index (χ1v) is 10.4. The minimum Gasteiger partial charge on any atom is -0.497 e. The maximum atomic E-state index is 12.0. The van der Waals surface area contributed by atoms with E-state index in [-0.39, 0.29) is 11.7 Å². The monoisotopic (exact) mass is 427 g/mol. The zero-order valence-electron chi connectivity index (χ0n) is 16.5. The molecule has 0 fully saturated rings. The first kappa shape index (κ1) is 21.0. The molecule has 0 aliphatic heterocycles. The topological polar surface area (TPSA) is 55.6 Å². The normalized spacial score (nSPS) is 11.0. The number of carbonyl (C=O) groups is 1. The van der Waals surface area contributed by atoms with Gasteiger partial charge in [-0.2, -0.15) is 5.10 Å². The number of carbonyl (C=O) groups excluding carboxylic acids is 1. The highest BCUT2D eigenvalue weighted by Crippen LogP contribution is 2.22. The van der Waals surface area contributed by atoms with E-state index in [1.54, 1.807) is 25.5 Å². The lowest BCUT2D eigenvalue weighted by Gasteiger charge is -2.10. The third-order valence-corrected chi connectivity index (χ3v) is 5.64. The standard InChI is InChI=1S/C22H22ClN3O2S/c1-15-12-17(16(2)26(15)19-6-8-20(28-3)9-7-19)13-24-25-22(27)14-29-21-10-4-18(23)5-11-21/h4-13H,14H2,1-3H3,(H,25,27)/b24-13-. The van der Waals surface area contributed by atoms with Crippen LogP contribution in [0, 0.1) is 13.8 Å². The van der Waals surface area contributed by atoms with Crippen LogP contribution < -0.4 is 10.2 Å². The van der Waals surface area contributed by atoms with Crippen molar-refractivity contribution in [3.8, 4) is 11.4 Å². The molecule has 0 saturated heterocycles. The molecule has 0 saturated carbocycles. The van der Waals surface area contributed by atoms with E-state index in [2.05, 4.69) is 15.1 Å². The Bertz CT molecular complexity index is 1010. The fourth-order valence-electron chi connectivity index (χ4n) is 2.93. The van der Waals surface area contributed by atoms with Crippen LogP contribution in [0.5, 0.6) is 5.75 Å². The van der Waals surface area contributed by atoms with Gasteiger partial charge in [-0.3, -0.25) is 4.79 Å². The zero-order chi connectivity index (χ0) is 20.8. The van der Waals surface area contributed by atoms with Gasteiger partial charge in [0.25, 0.3) is 0 Å². The highest BCUT2D eigenvalue weighted by Gasteiger charge is 2.10. The van der Waals surface area contributed by atoms with E-state index in [4.69, 9.17) is 16.3 Å². The van der Waals surface area contributed by atoms with E-state index in [0.29, 0.717) is 5.02 Å². The molecule has 0 unspecified atom stereocenters. The molecule has 0 aliphatic carbocycles. The number of aryl methyl sites for hydroxylation is 1. The van der Waals surface area contributed by atoms with Gasteiger partial charge in [0.05, 0.1) is 19.1 Å². The highest BCUT2D eigenvalue weighted by atomic mass is 35.5. The summed E-state index contributed by atoms with van der Waals surface area (Å²) in [5, 5.41) is 4.79. The van der Waals surface area contributed by atoms with Crippen LogP contribution in [0.3, 0.4) is 0 Å². The van der Waals surface area contributed by atoms with Crippen LogP contribution in [0.1, 0.15) is 17.0 Å². The molecule has 0 bridgehead atoms. The van der Waals surface area contributed by atoms with Crippen molar-refractivity contribution in [2.75, 3.05) is 12.9 Å². The number of ether oxygens (including phenoxy) is 1. The van der Waals surface area contributed by atoms with Gasteiger partial charge in [0.1, 0.15) is 5.75 Å². The van der Waals surface area contributed by atoms with Gasteiger partial charge in [-0.15, -0.1) is 11.8 Å². The largest absolute Gasteiger partial charge is 0.497 e. The van der Waals surface area contributed by atoms with Crippen LogP contribution >= 0.6 is 23.4 Å². The van der Waals surface area contributed by atoms with Crippen molar-refractivity contribution in [1.82, 2.24) is 9.99 Å². The Morgan fingerprint density at radius 2 is 1.86 bits per heavy atom. The van der Waals surface area contributed by atoms with Gasteiger partial charge in [0, 0.05) is 32.6 Å². The second-order valence-electron chi connectivity index (χ2n) is 6.40. The Kier molecular flexibility index (Phi) is 7.01. The second-order valence-corrected chi connectivity index (χ2v) is 7.88. The Hall–Kier alpha value is -2.70. The van der Waals surface area contributed by atoms with E-state index in [1.165, 1.54) is 11.8 Å². The van der Waals surface area contributed by atoms with Gasteiger partial charge in [0.15, 0.2) is 0 Å². The van der Waals surface area contributed by atoms with Crippen molar-refractivity contribution < 1.29 is 9.53 Å². The Morgan fingerprint density at radius 3 is 2.52 bits per heavy atom. The van der Waals surface area contributed by atoms with Gasteiger partial charge in [-0.25, -0.2) is 5.43 Å². The van der Waals surface area contributed by atoms with Crippen molar-refractivity contribution in [3.63, 3.8) is 0 Å². The summed E-state index contributed by atoms with van der Waals surface area (Å²) in [6.07, 6.45) is 1.67. The number of hydrogen-bond donors (Lipinski definition) is 1. The lowest BCUT2D eigenvalue weighted by molar-refractivity contribution is -0.118. The molecule has 0 aliphatic rings. The predicted molar refractivity (Wildman–Crippen MR) is 120 cm³/mol. The summed E-state index contributed by atoms with van der Waals surface area (Å²) < 4.78 is 7.36. The van der Waals surface area contributed by atoms with Gasteiger partial charge in [-0.05, 0) is 68.4 Å². The first-order valence-electron chi connectivity index (χ1n) is 9.01. The minimum absolute atomic E-state index is 0.162. The van der Waals surface area contributed by atoms with Crippen molar-refractivity contribution in [1.29, 1.82) is 0 Å². The molecule has 7 heteroatoms. The highest BCUT2D eigenvalue weighted by molar-refractivity contribution is 8.00. The lowest BCUT2D eigenvalue weighted by Crippen LogP contribution is -2.19. The smallest absolute Gasteiger partial charge is 0.250 e. The van der Waals surface area contributed by atoms with Gasteiger partial charge >= 0.3 is 0 Å². The second kappa shape index (κ2) is 9.67. The summed E-state index contributed by atoms with van der Waals surface area (Å²) in [4.78, 5) is 13.0. The summed E-state index contributed by atoms with van der Waals surface area (Å²) in [5.74, 6) is 0.937. The quantitative estimate of drug-likeness (QED) is 0.328. The maximum Gasteiger partial charge on any atom is 0.250 e. The van der Waals surface area contributed by atoms with Crippen molar-refractivity contribution in [2.45, 2.75) is 18.7 Å². The number of methoxy groups -OCH3 is 1. The number of rotatable bonds is 7. The first-order chi connectivity index (χ1) is 14.0. The van der Waals surface area contributed by atoms with Crippen LogP contribution in [0.25, 0.3) is 5.69 Å². The molecule has 0 radical (unpaired) electrons. The number of hydrazone groups is 1. The van der Waals surface area contributed by atoms with E-state index < -0.39 is 0 Å². The fourth-order valence-corrected chi connectivity index (χ4v) is 3.75. The average molecular weight is 428 g/mol. The molecule has 150 valence electrons. The molecular weight excluding hydrogens is 406 g/mol. The third-order valence-electron chi connectivity index (χ3n) is 4.38. The van der Waals surface area contributed by atoms with Crippen LogP contribution in [-0.2, 0) is 4.79 Å². The molecule has 1 aromatic heterocycles. The molecule has 2 aromatic carbocycles. The molecule has 1 heterocycles. The van der Waals surface area contributed by atoms with Crippen LogP contribution in [-0.4, -0.2) is 29.6 Å².